The molecule has 9 heteroatoms. The molecular weight excluding hydrogens is 387 g/mol. The molecule has 1 aromatic heterocycles. The lowest BCUT2D eigenvalue weighted by atomic mass is 9.95. The fourth-order valence-electron chi connectivity index (χ4n) is 3.58. The van der Waals surface area contributed by atoms with Crippen molar-refractivity contribution in [1.29, 1.82) is 0 Å². The normalized spacial score (nSPS) is 21.2. The van der Waals surface area contributed by atoms with Gasteiger partial charge in [-0.3, -0.25) is 9.36 Å². The van der Waals surface area contributed by atoms with E-state index in [9.17, 15) is 18.0 Å². The summed E-state index contributed by atoms with van der Waals surface area (Å²) in [6.07, 6.45) is -1.15. The number of aryl methyl sites for hydroxylation is 1. The molecule has 6 nitrogen and oxygen atoms in total. The molecule has 0 spiro atoms. The van der Waals surface area contributed by atoms with Gasteiger partial charge in [-0.1, -0.05) is 0 Å². The Morgan fingerprint density at radius 1 is 1.28 bits per heavy atom. The number of hydrogen-bond donors (Lipinski definition) is 1. The van der Waals surface area contributed by atoms with Crippen molar-refractivity contribution < 1.29 is 27.4 Å². The van der Waals surface area contributed by atoms with Gasteiger partial charge in [0.25, 0.3) is 6.01 Å². The quantitative estimate of drug-likeness (QED) is 0.782. The van der Waals surface area contributed by atoms with Crippen LogP contribution in [0.25, 0.3) is 11.0 Å². The zero-order chi connectivity index (χ0) is 21.2. The third-order valence-corrected chi connectivity index (χ3v) is 5.09. The van der Waals surface area contributed by atoms with Crippen LogP contribution in [0, 0.1) is 0 Å². The molecular formula is C20H26F3N3O3. The van der Waals surface area contributed by atoms with Crippen molar-refractivity contribution in [2.24, 2.45) is 7.05 Å². The number of amides is 1. The summed E-state index contributed by atoms with van der Waals surface area (Å²) in [5.41, 5.74) is 0.156. The molecule has 0 bridgehead atoms. The van der Waals surface area contributed by atoms with Gasteiger partial charge in [-0.2, -0.15) is 18.2 Å². The number of imidazole rings is 1. The van der Waals surface area contributed by atoms with Crippen LogP contribution in [-0.2, 0) is 22.8 Å². The molecule has 29 heavy (non-hydrogen) atoms. The number of rotatable bonds is 6. The highest BCUT2D eigenvalue weighted by Crippen LogP contribution is 2.33. The average Bonchev–Trinajstić information content (AvgIpc) is 2.95. The van der Waals surface area contributed by atoms with Crippen molar-refractivity contribution in [2.45, 2.75) is 64.0 Å². The Labute approximate surface area is 167 Å². The SMILES string of the molecule is CC(=O)N[C@@H](C)CO[C@H]1CC[C@H](Oc2nc3ccc(C(F)(F)F)cc3n2C)CC1. The highest BCUT2D eigenvalue weighted by molar-refractivity contribution is 5.77. The first-order valence-corrected chi connectivity index (χ1v) is 9.72. The van der Waals surface area contributed by atoms with Gasteiger partial charge in [-0.15, -0.1) is 0 Å². The minimum atomic E-state index is -4.39. The summed E-state index contributed by atoms with van der Waals surface area (Å²) in [6, 6.07) is 3.78. The van der Waals surface area contributed by atoms with E-state index < -0.39 is 11.7 Å². The molecule has 1 aromatic carbocycles. The van der Waals surface area contributed by atoms with E-state index in [1.165, 1.54) is 13.0 Å². The summed E-state index contributed by atoms with van der Waals surface area (Å²) < 4.78 is 52.2. The van der Waals surface area contributed by atoms with Crippen LogP contribution in [0.15, 0.2) is 18.2 Å². The first-order chi connectivity index (χ1) is 13.6. The predicted molar refractivity (Wildman–Crippen MR) is 102 cm³/mol. The smallest absolute Gasteiger partial charge is 0.416 e. The maximum absolute atomic E-state index is 12.9. The predicted octanol–water partition coefficient (Wildman–Crippen LogP) is 3.82. The number of carbonyl (C=O) groups excluding carboxylic acids is 1. The Bertz CT molecular complexity index is 858. The molecule has 0 saturated heterocycles. The minimum absolute atomic E-state index is 0.0388. The summed E-state index contributed by atoms with van der Waals surface area (Å²) in [4.78, 5) is 15.4. The largest absolute Gasteiger partial charge is 0.461 e. The minimum Gasteiger partial charge on any atom is -0.461 e. The fourth-order valence-corrected chi connectivity index (χ4v) is 3.58. The van der Waals surface area contributed by atoms with Gasteiger partial charge in [0.15, 0.2) is 0 Å². The van der Waals surface area contributed by atoms with Crippen molar-refractivity contribution in [1.82, 2.24) is 14.9 Å². The standard InChI is InChI=1S/C20H26F3N3O3/c1-12(24-13(2)27)11-28-15-5-7-16(8-6-15)29-19-25-17-9-4-14(20(21,22)23)10-18(17)26(19)3/h4,9-10,12,15-16H,5-8,11H2,1-3H3,(H,24,27)/t12-,15-,16-/m0/s1. The third kappa shape index (κ3) is 5.41. The molecule has 0 radical (unpaired) electrons. The van der Waals surface area contributed by atoms with Gasteiger partial charge in [0.05, 0.1) is 29.3 Å². The third-order valence-electron chi connectivity index (χ3n) is 5.09. The Balaban J connectivity index is 1.56. The number of nitrogens with zero attached hydrogens (tertiary/aromatic N) is 2. The first-order valence-electron chi connectivity index (χ1n) is 9.72. The number of halogens is 3. The second kappa shape index (κ2) is 8.61. The molecule has 1 aliphatic carbocycles. The maximum atomic E-state index is 12.9. The molecule has 2 aromatic rings. The Hall–Kier alpha value is -2.29. The lowest BCUT2D eigenvalue weighted by Gasteiger charge is -2.29. The van der Waals surface area contributed by atoms with Gasteiger partial charge in [0.2, 0.25) is 5.91 Å². The van der Waals surface area contributed by atoms with Gasteiger partial charge < -0.3 is 14.8 Å². The number of hydrogen-bond acceptors (Lipinski definition) is 4. The fraction of sp³-hybridized carbons (Fsp3) is 0.600. The topological polar surface area (TPSA) is 65.4 Å². The second-order valence-corrected chi connectivity index (χ2v) is 7.61. The summed E-state index contributed by atoms with van der Waals surface area (Å²) in [5.74, 6) is -0.0805. The molecule has 0 aliphatic heterocycles. The molecule has 1 fully saturated rings. The first kappa shape index (κ1) is 21.4. The number of fused-ring (bicyclic) bond motifs is 1. The van der Waals surface area contributed by atoms with Crippen LogP contribution in [0.3, 0.4) is 0 Å². The number of aromatic nitrogens is 2. The summed E-state index contributed by atoms with van der Waals surface area (Å²) in [7, 11) is 1.66. The molecule has 160 valence electrons. The van der Waals surface area contributed by atoms with E-state index in [2.05, 4.69) is 10.3 Å². The Morgan fingerprint density at radius 3 is 2.55 bits per heavy atom. The summed E-state index contributed by atoms with van der Waals surface area (Å²) in [6.45, 7) is 3.83. The van der Waals surface area contributed by atoms with Crippen molar-refractivity contribution in [2.75, 3.05) is 6.61 Å². The lowest BCUT2D eigenvalue weighted by molar-refractivity contribution is -0.137. The highest BCUT2D eigenvalue weighted by Gasteiger charge is 2.31. The van der Waals surface area contributed by atoms with E-state index in [0.717, 1.165) is 37.8 Å². The van der Waals surface area contributed by atoms with Gasteiger partial charge in [-0.25, -0.2) is 0 Å². The van der Waals surface area contributed by atoms with Crippen molar-refractivity contribution in [3.05, 3.63) is 23.8 Å². The summed E-state index contributed by atoms with van der Waals surface area (Å²) in [5, 5.41) is 2.79. The molecule has 3 rings (SSSR count). The number of carbonyl (C=O) groups is 1. The van der Waals surface area contributed by atoms with E-state index >= 15 is 0 Å². The molecule has 1 atom stereocenters. The molecule has 1 heterocycles. The molecule has 1 aliphatic rings. The zero-order valence-corrected chi connectivity index (χ0v) is 16.8. The van der Waals surface area contributed by atoms with E-state index in [1.54, 1.807) is 11.6 Å². The lowest BCUT2D eigenvalue weighted by Crippen LogP contribution is -2.37. The van der Waals surface area contributed by atoms with Crippen LogP contribution in [0.5, 0.6) is 6.01 Å². The summed E-state index contributed by atoms with van der Waals surface area (Å²) >= 11 is 0. The van der Waals surface area contributed by atoms with Crippen LogP contribution in [0.4, 0.5) is 13.2 Å². The highest BCUT2D eigenvalue weighted by atomic mass is 19.4. The van der Waals surface area contributed by atoms with Gasteiger partial charge >= 0.3 is 6.18 Å². The molecule has 1 saturated carbocycles. The van der Waals surface area contributed by atoms with Gasteiger partial charge in [0, 0.05) is 20.0 Å². The van der Waals surface area contributed by atoms with Crippen LogP contribution in [-0.4, -0.2) is 40.3 Å². The number of alkyl halides is 3. The van der Waals surface area contributed by atoms with Crippen LogP contribution in [0.2, 0.25) is 0 Å². The zero-order valence-electron chi connectivity index (χ0n) is 16.8. The van der Waals surface area contributed by atoms with Gasteiger partial charge in [0.1, 0.15) is 6.10 Å². The van der Waals surface area contributed by atoms with E-state index in [1.807, 2.05) is 6.92 Å². The monoisotopic (exact) mass is 413 g/mol. The van der Waals surface area contributed by atoms with Crippen molar-refractivity contribution in [3.8, 4) is 6.01 Å². The second-order valence-electron chi connectivity index (χ2n) is 7.61. The Kier molecular flexibility index (Phi) is 6.36. The molecule has 1 N–H and O–H groups in total. The Morgan fingerprint density at radius 2 is 1.93 bits per heavy atom. The number of ether oxygens (including phenoxy) is 2. The number of benzene rings is 1. The molecule has 0 unspecified atom stereocenters. The van der Waals surface area contributed by atoms with E-state index in [0.29, 0.717) is 23.7 Å². The van der Waals surface area contributed by atoms with Crippen molar-refractivity contribution >= 4 is 16.9 Å². The molecule has 1 amide bonds. The van der Waals surface area contributed by atoms with Crippen LogP contribution < -0.4 is 10.1 Å². The van der Waals surface area contributed by atoms with E-state index in [-0.39, 0.29) is 24.2 Å². The van der Waals surface area contributed by atoms with Crippen molar-refractivity contribution in [3.63, 3.8) is 0 Å². The van der Waals surface area contributed by atoms with Crippen LogP contribution in [0.1, 0.15) is 45.1 Å². The van der Waals surface area contributed by atoms with Gasteiger partial charge in [-0.05, 0) is 50.8 Å². The number of nitrogens with one attached hydrogen (secondary N) is 1. The van der Waals surface area contributed by atoms with Crippen LogP contribution >= 0.6 is 0 Å². The average molecular weight is 413 g/mol. The van der Waals surface area contributed by atoms with E-state index in [4.69, 9.17) is 9.47 Å². The maximum Gasteiger partial charge on any atom is 0.416 e.